The number of hydrogen-bond donors (Lipinski definition) is 2. The lowest BCUT2D eigenvalue weighted by Gasteiger charge is -2.11. The number of thioether (sulfide) groups is 1. The van der Waals surface area contributed by atoms with Crippen LogP contribution in [0.2, 0.25) is 0 Å². The summed E-state index contributed by atoms with van der Waals surface area (Å²) >= 11 is 1.65. The van der Waals surface area contributed by atoms with E-state index in [1.54, 1.807) is 24.9 Å². The number of carbonyl (C=O) groups is 1. The Morgan fingerprint density at radius 2 is 2.18 bits per heavy atom. The lowest BCUT2D eigenvalue weighted by molar-refractivity contribution is -0.117. The molecule has 22 heavy (non-hydrogen) atoms. The van der Waals surface area contributed by atoms with Gasteiger partial charge in [-0.05, 0) is 6.07 Å². The fourth-order valence-corrected chi connectivity index (χ4v) is 3.27. The van der Waals surface area contributed by atoms with Gasteiger partial charge in [0, 0.05) is 25.7 Å². The Hall–Kier alpha value is -2.13. The lowest BCUT2D eigenvalue weighted by atomic mass is 10.2. The molecule has 9 heteroatoms. The maximum absolute atomic E-state index is 12.2. The Morgan fingerprint density at radius 3 is 2.86 bits per heavy atom. The van der Waals surface area contributed by atoms with Gasteiger partial charge in [0.15, 0.2) is 0 Å². The second kappa shape index (κ2) is 5.58. The van der Waals surface area contributed by atoms with Crippen LogP contribution in [0.1, 0.15) is 0 Å². The fourth-order valence-electron chi connectivity index (χ4n) is 2.33. The minimum Gasteiger partial charge on any atom is -0.323 e. The highest BCUT2D eigenvalue weighted by Crippen LogP contribution is 2.15. The predicted octanol–water partition coefficient (Wildman–Crippen LogP) is -0.767. The molecule has 1 unspecified atom stereocenters. The van der Waals surface area contributed by atoms with Gasteiger partial charge in [-0.2, -0.15) is 0 Å². The van der Waals surface area contributed by atoms with Gasteiger partial charge in [0.2, 0.25) is 5.91 Å². The summed E-state index contributed by atoms with van der Waals surface area (Å²) in [6.45, 7) is 0. The molecule has 0 radical (unpaired) electrons. The van der Waals surface area contributed by atoms with Crippen molar-refractivity contribution in [2.45, 2.75) is 6.04 Å². The molecule has 1 aliphatic heterocycles. The Labute approximate surface area is 129 Å². The Bertz CT molecular complexity index is 866. The molecular formula is C13H15N5O3S. The standard InChI is InChI=1S/C13H15N5O3S/c1-17-10-8(12(20)18(2)13(17)21)3-7(4-14-10)16-11(19)9-5-22-6-15-9/h3-4,9,15H,5-6H2,1-2H3,(H,16,19). The molecule has 3 heterocycles. The number of fused-ring (bicyclic) bond motifs is 1. The highest BCUT2D eigenvalue weighted by Gasteiger charge is 2.22. The smallest absolute Gasteiger partial charge is 0.323 e. The third-order valence-corrected chi connectivity index (χ3v) is 4.53. The molecule has 0 saturated carbocycles. The molecule has 3 rings (SSSR count). The van der Waals surface area contributed by atoms with E-state index in [2.05, 4.69) is 15.6 Å². The minimum atomic E-state index is -0.436. The van der Waals surface area contributed by atoms with Crippen molar-refractivity contribution in [1.82, 2.24) is 19.4 Å². The molecule has 0 aromatic carbocycles. The van der Waals surface area contributed by atoms with Crippen LogP contribution in [0, 0.1) is 0 Å². The molecule has 2 aromatic rings. The van der Waals surface area contributed by atoms with Gasteiger partial charge in [-0.15, -0.1) is 11.8 Å². The summed E-state index contributed by atoms with van der Waals surface area (Å²) in [6, 6.07) is 1.30. The topological polar surface area (TPSA) is 98.0 Å². The van der Waals surface area contributed by atoms with Crippen molar-refractivity contribution in [3.8, 4) is 0 Å². The van der Waals surface area contributed by atoms with Gasteiger partial charge in [0.1, 0.15) is 5.65 Å². The molecule has 2 aromatic heterocycles. The summed E-state index contributed by atoms with van der Waals surface area (Å²) in [7, 11) is 2.96. The molecule has 8 nitrogen and oxygen atoms in total. The number of nitrogens with one attached hydrogen (secondary N) is 2. The molecule has 1 saturated heterocycles. The fraction of sp³-hybridized carbons (Fsp3) is 0.385. The second-order valence-corrected chi connectivity index (χ2v) is 6.09. The van der Waals surface area contributed by atoms with Crippen LogP contribution in [0.15, 0.2) is 21.9 Å². The SMILES string of the molecule is Cn1c(=O)c2cc(NC(=O)C3CSCN3)cnc2n(C)c1=O. The van der Waals surface area contributed by atoms with E-state index < -0.39 is 11.2 Å². The molecule has 1 aliphatic rings. The zero-order valence-corrected chi connectivity index (χ0v) is 12.9. The summed E-state index contributed by atoms with van der Waals surface area (Å²) in [4.78, 5) is 40.2. The van der Waals surface area contributed by atoms with Gasteiger partial charge in [-0.3, -0.25) is 24.0 Å². The average molecular weight is 321 g/mol. The number of carbonyl (C=O) groups excluding carboxylic acids is 1. The maximum Gasteiger partial charge on any atom is 0.332 e. The molecule has 2 N–H and O–H groups in total. The minimum absolute atomic E-state index is 0.159. The Kier molecular flexibility index (Phi) is 3.75. The van der Waals surface area contributed by atoms with Crippen molar-refractivity contribution in [2.24, 2.45) is 14.1 Å². The van der Waals surface area contributed by atoms with Crippen molar-refractivity contribution in [3.63, 3.8) is 0 Å². The number of anilines is 1. The molecular weight excluding hydrogens is 306 g/mol. The number of hydrogen-bond acceptors (Lipinski definition) is 6. The molecule has 0 bridgehead atoms. The van der Waals surface area contributed by atoms with E-state index in [0.29, 0.717) is 17.1 Å². The van der Waals surface area contributed by atoms with Gasteiger partial charge < -0.3 is 5.32 Å². The number of amides is 1. The van der Waals surface area contributed by atoms with Gasteiger partial charge in [-0.25, -0.2) is 9.78 Å². The Balaban J connectivity index is 2.01. The number of rotatable bonds is 2. The highest BCUT2D eigenvalue weighted by atomic mass is 32.2. The number of aromatic nitrogens is 3. The summed E-state index contributed by atoms with van der Waals surface area (Å²) in [5.74, 6) is 1.30. The number of nitrogens with zero attached hydrogens (tertiary/aromatic N) is 3. The van der Waals surface area contributed by atoms with Gasteiger partial charge in [0.05, 0.1) is 23.3 Å². The van der Waals surface area contributed by atoms with Crippen LogP contribution in [0.3, 0.4) is 0 Å². The van der Waals surface area contributed by atoms with Crippen molar-refractivity contribution < 1.29 is 4.79 Å². The van der Waals surface area contributed by atoms with Crippen LogP contribution in [0.25, 0.3) is 11.0 Å². The lowest BCUT2D eigenvalue weighted by Crippen LogP contribution is -2.38. The number of pyridine rings is 1. The van der Waals surface area contributed by atoms with Crippen LogP contribution < -0.4 is 21.9 Å². The third-order valence-electron chi connectivity index (χ3n) is 3.59. The Morgan fingerprint density at radius 1 is 1.41 bits per heavy atom. The molecule has 0 aliphatic carbocycles. The summed E-state index contributed by atoms with van der Waals surface area (Å²) in [5.41, 5.74) is -0.141. The normalized spacial score (nSPS) is 17.8. The average Bonchev–Trinajstić information content (AvgIpc) is 3.05. The molecule has 1 fully saturated rings. The van der Waals surface area contributed by atoms with Gasteiger partial charge >= 0.3 is 5.69 Å². The predicted molar refractivity (Wildman–Crippen MR) is 85.1 cm³/mol. The monoisotopic (exact) mass is 321 g/mol. The first-order chi connectivity index (χ1) is 10.5. The molecule has 1 atom stereocenters. The van der Waals surface area contributed by atoms with Crippen LogP contribution >= 0.6 is 11.8 Å². The van der Waals surface area contributed by atoms with Crippen LogP contribution in [-0.4, -0.2) is 37.7 Å². The van der Waals surface area contributed by atoms with Crippen LogP contribution in [0.4, 0.5) is 5.69 Å². The van der Waals surface area contributed by atoms with Crippen molar-refractivity contribution in [3.05, 3.63) is 33.1 Å². The van der Waals surface area contributed by atoms with E-state index in [9.17, 15) is 14.4 Å². The van der Waals surface area contributed by atoms with Gasteiger partial charge in [-0.1, -0.05) is 0 Å². The van der Waals surface area contributed by atoms with E-state index in [-0.39, 0.29) is 17.3 Å². The quantitative estimate of drug-likeness (QED) is 0.754. The van der Waals surface area contributed by atoms with E-state index in [1.165, 1.54) is 17.8 Å². The summed E-state index contributed by atoms with van der Waals surface area (Å²) < 4.78 is 2.32. The first-order valence-electron chi connectivity index (χ1n) is 6.67. The maximum atomic E-state index is 12.2. The van der Waals surface area contributed by atoms with Crippen molar-refractivity contribution >= 4 is 34.4 Å². The van der Waals surface area contributed by atoms with E-state index in [4.69, 9.17) is 0 Å². The molecule has 116 valence electrons. The first kappa shape index (κ1) is 14.8. The highest BCUT2D eigenvalue weighted by molar-refractivity contribution is 7.99. The van der Waals surface area contributed by atoms with Crippen molar-refractivity contribution in [2.75, 3.05) is 16.9 Å². The zero-order chi connectivity index (χ0) is 15.9. The van der Waals surface area contributed by atoms with Gasteiger partial charge in [0.25, 0.3) is 5.56 Å². The second-order valence-electron chi connectivity index (χ2n) is 5.06. The largest absolute Gasteiger partial charge is 0.332 e. The van der Waals surface area contributed by atoms with Crippen molar-refractivity contribution in [1.29, 1.82) is 0 Å². The summed E-state index contributed by atoms with van der Waals surface area (Å²) in [5, 5.41) is 6.10. The third kappa shape index (κ3) is 2.42. The van der Waals surface area contributed by atoms with E-state index >= 15 is 0 Å². The molecule has 0 spiro atoms. The van der Waals surface area contributed by atoms with E-state index in [1.807, 2.05) is 0 Å². The van der Waals surface area contributed by atoms with Crippen LogP contribution in [-0.2, 0) is 18.9 Å². The summed E-state index contributed by atoms with van der Waals surface area (Å²) in [6.07, 6.45) is 1.45. The number of aryl methyl sites for hydroxylation is 1. The molecule has 1 amide bonds. The zero-order valence-electron chi connectivity index (χ0n) is 12.1. The van der Waals surface area contributed by atoms with Crippen LogP contribution in [0.5, 0.6) is 0 Å². The van der Waals surface area contributed by atoms with E-state index in [0.717, 1.165) is 10.4 Å². The first-order valence-corrected chi connectivity index (χ1v) is 7.82.